The number of nitrogens with one attached hydrogen (secondary N) is 1. The molecular formula is C20H17N3O6S. The van der Waals surface area contributed by atoms with E-state index in [0.717, 1.165) is 11.8 Å². The fraction of sp³-hybridized carbons (Fsp3) is 0.250. The van der Waals surface area contributed by atoms with Gasteiger partial charge in [-0.05, 0) is 31.2 Å². The van der Waals surface area contributed by atoms with Crippen LogP contribution in [-0.4, -0.2) is 34.8 Å². The number of carbonyl (C=O) groups is 1. The van der Waals surface area contributed by atoms with Crippen LogP contribution in [0.4, 0.5) is 5.69 Å². The van der Waals surface area contributed by atoms with Crippen molar-refractivity contribution in [2.24, 2.45) is 0 Å². The lowest BCUT2D eigenvalue weighted by Gasteiger charge is -2.23. The first-order valence-electron chi connectivity index (χ1n) is 9.25. The first-order chi connectivity index (χ1) is 14.7. The van der Waals surface area contributed by atoms with Crippen LogP contribution in [-0.2, 0) is 4.79 Å². The average molecular weight is 427 g/mol. The van der Waals surface area contributed by atoms with E-state index in [2.05, 4.69) is 15.5 Å². The summed E-state index contributed by atoms with van der Waals surface area (Å²) in [6.07, 6.45) is -0.500. The van der Waals surface area contributed by atoms with E-state index < -0.39 is 11.4 Å². The monoisotopic (exact) mass is 427 g/mol. The molecule has 10 heteroatoms. The van der Waals surface area contributed by atoms with Crippen LogP contribution >= 0.6 is 11.8 Å². The molecule has 0 bridgehead atoms. The third-order valence-corrected chi connectivity index (χ3v) is 5.43. The molecular weight excluding hydrogens is 410 g/mol. The number of aromatic nitrogens is 2. The van der Waals surface area contributed by atoms with Crippen molar-refractivity contribution in [1.29, 1.82) is 0 Å². The van der Waals surface area contributed by atoms with Crippen molar-refractivity contribution in [1.82, 2.24) is 10.2 Å². The Morgan fingerprint density at radius 2 is 1.87 bits per heavy atom. The van der Waals surface area contributed by atoms with E-state index >= 15 is 0 Å². The van der Waals surface area contributed by atoms with Crippen molar-refractivity contribution >= 4 is 23.4 Å². The molecule has 0 radical (unpaired) electrons. The summed E-state index contributed by atoms with van der Waals surface area (Å²) in [5.41, 5.74) is 0.620. The number of hydrogen-bond acceptors (Lipinski definition) is 9. The third kappa shape index (κ3) is 3.73. The van der Waals surface area contributed by atoms with Gasteiger partial charge in [0.05, 0.1) is 5.25 Å². The number of para-hydroxylation sites is 2. The Labute approximate surface area is 175 Å². The summed E-state index contributed by atoms with van der Waals surface area (Å²) in [5.74, 6) is 2.66. The molecule has 3 aromatic rings. The molecule has 0 spiro atoms. The zero-order valence-corrected chi connectivity index (χ0v) is 16.7. The number of thioether (sulfide) groups is 1. The van der Waals surface area contributed by atoms with Gasteiger partial charge in [0.25, 0.3) is 11.1 Å². The topological polar surface area (TPSA) is 105 Å². The molecule has 1 amide bonds. The normalized spacial score (nSPS) is 17.4. The molecule has 0 fully saturated rings. The Morgan fingerprint density at radius 3 is 2.77 bits per heavy atom. The van der Waals surface area contributed by atoms with E-state index in [-0.39, 0.29) is 24.5 Å². The zero-order valence-electron chi connectivity index (χ0n) is 15.9. The highest BCUT2D eigenvalue weighted by molar-refractivity contribution is 8.00. The lowest BCUT2D eigenvalue weighted by molar-refractivity contribution is -0.115. The Bertz CT molecular complexity index is 1090. The fourth-order valence-electron chi connectivity index (χ4n) is 2.96. The molecule has 2 aliphatic heterocycles. The molecule has 3 heterocycles. The Kier molecular flexibility index (Phi) is 4.83. The third-order valence-electron chi connectivity index (χ3n) is 4.49. The van der Waals surface area contributed by atoms with Gasteiger partial charge in [0.2, 0.25) is 18.8 Å². The highest BCUT2D eigenvalue weighted by Crippen LogP contribution is 2.37. The van der Waals surface area contributed by atoms with Gasteiger partial charge in [-0.3, -0.25) is 4.79 Å². The smallest absolute Gasteiger partial charge is 0.277 e. The predicted octanol–water partition coefficient (Wildman–Crippen LogP) is 3.43. The minimum Gasteiger partial charge on any atom is -0.485 e. The number of rotatable bonds is 5. The van der Waals surface area contributed by atoms with Gasteiger partial charge in [-0.25, -0.2) is 0 Å². The molecule has 2 atom stereocenters. The summed E-state index contributed by atoms with van der Waals surface area (Å²) in [4.78, 5) is 12.5. The summed E-state index contributed by atoms with van der Waals surface area (Å²) in [5, 5.41) is 10.7. The molecule has 0 saturated heterocycles. The van der Waals surface area contributed by atoms with Crippen LogP contribution in [0.5, 0.6) is 23.0 Å². The maximum atomic E-state index is 12.5. The predicted molar refractivity (Wildman–Crippen MR) is 106 cm³/mol. The molecule has 2 aliphatic rings. The maximum absolute atomic E-state index is 12.5. The van der Waals surface area contributed by atoms with Crippen LogP contribution in [0.3, 0.4) is 0 Å². The van der Waals surface area contributed by atoms with Crippen molar-refractivity contribution in [3.8, 4) is 23.0 Å². The molecule has 0 unspecified atom stereocenters. The highest BCUT2D eigenvalue weighted by atomic mass is 32.2. The minimum atomic E-state index is -0.500. The summed E-state index contributed by atoms with van der Waals surface area (Å²) < 4.78 is 27.8. The lowest BCUT2D eigenvalue weighted by atomic mass is 10.2. The number of amides is 1. The van der Waals surface area contributed by atoms with E-state index in [1.165, 1.54) is 0 Å². The van der Waals surface area contributed by atoms with Gasteiger partial charge in [-0.15, -0.1) is 10.2 Å². The molecule has 9 nitrogen and oxygen atoms in total. The van der Waals surface area contributed by atoms with Crippen molar-refractivity contribution in [3.63, 3.8) is 0 Å². The summed E-state index contributed by atoms with van der Waals surface area (Å²) in [7, 11) is 0. The summed E-state index contributed by atoms with van der Waals surface area (Å²) in [6.45, 7) is 2.20. The molecule has 0 saturated carbocycles. The van der Waals surface area contributed by atoms with Gasteiger partial charge in [-0.1, -0.05) is 23.9 Å². The van der Waals surface area contributed by atoms with Crippen molar-refractivity contribution in [3.05, 3.63) is 48.4 Å². The van der Waals surface area contributed by atoms with E-state index in [1.807, 2.05) is 24.3 Å². The minimum absolute atomic E-state index is 0.180. The van der Waals surface area contributed by atoms with Gasteiger partial charge in [0, 0.05) is 11.8 Å². The number of hydrogen-bond donors (Lipinski definition) is 1. The first-order valence-corrected chi connectivity index (χ1v) is 10.1. The fourth-order valence-corrected chi connectivity index (χ4v) is 3.65. The molecule has 1 N–H and O–H groups in total. The second-order valence-corrected chi connectivity index (χ2v) is 7.88. The molecule has 5 rings (SSSR count). The first kappa shape index (κ1) is 18.6. The molecule has 30 heavy (non-hydrogen) atoms. The van der Waals surface area contributed by atoms with Crippen LogP contribution in [0, 0.1) is 0 Å². The van der Waals surface area contributed by atoms with Gasteiger partial charge < -0.3 is 28.7 Å². The average Bonchev–Trinajstić information content (AvgIpc) is 3.42. The molecule has 1 aromatic heterocycles. The van der Waals surface area contributed by atoms with Crippen LogP contribution in [0.25, 0.3) is 0 Å². The maximum Gasteiger partial charge on any atom is 0.277 e. The van der Waals surface area contributed by atoms with Crippen LogP contribution in [0.15, 0.2) is 52.1 Å². The Hall–Kier alpha value is -3.40. The lowest BCUT2D eigenvalue weighted by Crippen LogP contribution is -2.22. The second-order valence-electron chi connectivity index (χ2n) is 6.59. The number of carbonyl (C=O) groups excluding carboxylic acids is 1. The number of fused-ring (bicyclic) bond motifs is 2. The van der Waals surface area contributed by atoms with E-state index in [4.69, 9.17) is 23.4 Å². The van der Waals surface area contributed by atoms with Crippen molar-refractivity contribution in [2.45, 2.75) is 23.5 Å². The molecule has 154 valence electrons. The van der Waals surface area contributed by atoms with Crippen LogP contribution in [0.1, 0.15) is 18.9 Å². The van der Waals surface area contributed by atoms with Gasteiger partial charge in [0.15, 0.2) is 23.0 Å². The van der Waals surface area contributed by atoms with E-state index in [1.54, 1.807) is 25.1 Å². The zero-order chi connectivity index (χ0) is 20.5. The molecule has 2 aromatic carbocycles. The highest BCUT2D eigenvalue weighted by Gasteiger charge is 2.28. The summed E-state index contributed by atoms with van der Waals surface area (Å²) in [6, 6.07) is 12.6. The number of anilines is 1. The Balaban J connectivity index is 1.20. The van der Waals surface area contributed by atoms with Crippen LogP contribution < -0.4 is 24.3 Å². The quantitative estimate of drug-likeness (QED) is 0.613. The summed E-state index contributed by atoms with van der Waals surface area (Å²) >= 11 is 1.16. The standard InChI is InChI=1S/C20H17N3O6S/c1-11(18(24)21-12-6-7-14-16(8-12)27-10-26-14)30-20-23-22-19(29-20)17-9-25-13-4-2-3-5-15(13)28-17/h2-8,11,17H,9-10H2,1H3,(H,21,24)/t11-,17+/m1/s1. The van der Waals surface area contributed by atoms with Gasteiger partial charge in [-0.2, -0.15) is 0 Å². The van der Waals surface area contributed by atoms with E-state index in [0.29, 0.717) is 34.6 Å². The Morgan fingerprint density at radius 1 is 1.07 bits per heavy atom. The van der Waals surface area contributed by atoms with Crippen LogP contribution in [0.2, 0.25) is 0 Å². The number of benzene rings is 2. The van der Waals surface area contributed by atoms with E-state index in [9.17, 15) is 4.79 Å². The largest absolute Gasteiger partial charge is 0.485 e. The van der Waals surface area contributed by atoms with Gasteiger partial charge in [0.1, 0.15) is 6.61 Å². The van der Waals surface area contributed by atoms with Gasteiger partial charge >= 0.3 is 0 Å². The van der Waals surface area contributed by atoms with Crippen molar-refractivity contribution < 1.29 is 28.2 Å². The second kappa shape index (κ2) is 7.79. The molecule has 0 aliphatic carbocycles. The number of nitrogens with zero attached hydrogens (tertiary/aromatic N) is 2. The number of ether oxygens (including phenoxy) is 4. The van der Waals surface area contributed by atoms with Crippen molar-refractivity contribution in [2.75, 3.05) is 18.7 Å². The SMILES string of the molecule is C[C@@H](Sc1nnc([C@@H]2COc3ccccc3O2)o1)C(=O)Nc1ccc2c(c1)OCO2.